The van der Waals surface area contributed by atoms with Gasteiger partial charge in [-0.1, -0.05) is 18.2 Å². The molecular weight excluding hydrogens is 310 g/mol. The summed E-state index contributed by atoms with van der Waals surface area (Å²) in [6.45, 7) is 1.42. The number of hydrogen-bond acceptors (Lipinski definition) is 6. The van der Waals surface area contributed by atoms with Crippen LogP contribution in [0.1, 0.15) is 16.3 Å². The fraction of sp³-hybridized carbons (Fsp3) is 0.188. The van der Waals surface area contributed by atoms with E-state index in [2.05, 4.69) is 15.1 Å². The van der Waals surface area contributed by atoms with E-state index in [1.54, 1.807) is 31.4 Å². The molecule has 0 spiro atoms. The van der Waals surface area contributed by atoms with Gasteiger partial charge in [-0.05, 0) is 25.1 Å². The normalized spacial score (nSPS) is 10.6. The number of ether oxygens (including phenoxy) is 1. The van der Waals surface area contributed by atoms with Crippen LogP contribution < -0.4 is 4.90 Å². The van der Waals surface area contributed by atoms with E-state index in [0.717, 1.165) is 5.69 Å². The predicted molar refractivity (Wildman–Crippen MR) is 85.7 cm³/mol. The van der Waals surface area contributed by atoms with Crippen LogP contribution in [0.15, 0.2) is 42.6 Å². The van der Waals surface area contributed by atoms with Gasteiger partial charge in [0.2, 0.25) is 0 Å². The van der Waals surface area contributed by atoms with Gasteiger partial charge in [-0.25, -0.2) is 14.3 Å². The Kier molecular flexibility index (Phi) is 4.19. The second-order valence-electron chi connectivity index (χ2n) is 5.10. The third-order valence-corrected chi connectivity index (χ3v) is 3.46. The van der Waals surface area contributed by atoms with Gasteiger partial charge in [0.25, 0.3) is 17.5 Å². The van der Waals surface area contributed by atoms with Gasteiger partial charge in [0.15, 0.2) is 6.61 Å². The first-order valence-electron chi connectivity index (χ1n) is 7.23. The highest BCUT2D eigenvalue weighted by Gasteiger charge is 2.19. The summed E-state index contributed by atoms with van der Waals surface area (Å²) in [5.41, 5.74) is 1.50. The second-order valence-corrected chi connectivity index (χ2v) is 5.10. The SMILES string of the molecule is Cc1ccnc2nc(C(=O)OCC(=O)N(C)c3ccccc3)nn12. The standard InChI is InChI=1S/C16H15N5O3/c1-11-8-9-17-16-18-14(19-21(11)16)15(23)24-10-13(22)20(2)12-6-4-3-5-7-12/h3-9H,10H2,1-2H3. The summed E-state index contributed by atoms with van der Waals surface area (Å²) in [6.07, 6.45) is 1.58. The van der Waals surface area contributed by atoms with Crippen molar-refractivity contribution in [2.75, 3.05) is 18.6 Å². The molecule has 0 fully saturated rings. The van der Waals surface area contributed by atoms with Crippen molar-refractivity contribution >= 4 is 23.3 Å². The summed E-state index contributed by atoms with van der Waals surface area (Å²) >= 11 is 0. The zero-order valence-electron chi connectivity index (χ0n) is 13.2. The molecule has 8 heteroatoms. The van der Waals surface area contributed by atoms with Crippen LogP contribution in [-0.4, -0.2) is 45.1 Å². The van der Waals surface area contributed by atoms with Crippen LogP contribution in [0.3, 0.4) is 0 Å². The Balaban J connectivity index is 1.66. The van der Waals surface area contributed by atoms with Crippen LogP contribution >= 0.6 is 0 Å². The number of rotatable bonds is 4. The number of carbonyl (C=O) groups is 2. The van der Waals surface area contributed by atoms with Crippen molar-refractivity contribution in [2.45, 2.75) is 6.92 Å². The number of aromatic nitrogens is 4. The van der Waals surface area contributed by atoms with Crippen molar-refractivity contribution in [3.63, 3.8) is 0 Å². The van der Waals surface area contributed by atoms with Gasteiger partial charge < -0.3 is 9.64 Å². The summed E-state index contributed by atoms with van der Waals surface area (Å²) in [7, 11) is 1.61. The number of likely N-dealkylation sites (N-methyl/N-ethyl adjacent to an activating group) is 1. The Hall–Kier alpha value is -3.29. The molecule has 2 heterocycles. The molecule has 24 heavy (non-hydrogen) atoms. The monoisotopic (exact) mass is 325 g/mol. The molecule has 0 unspecified atom stereocenters. The highest BCUT2D eigenvalue weighted by Crippen LogP contribution is 2.11. The molecule has 1 aromatic carbocycles. The minimum absolute atomic E-state index is 0.132. The first-order valence-corrected chi connectivity index (χ1v) is 7.23. The molecule has 0 aliphatic carbocycles. The minimum Gasteiger partial charge on any atom is -0.450 e. The smallest absolute Gasteiger partial charge is 0.378 e. The lowest BCUT2D eigenvalue weighted by Crippen LogP contribution is -2.31. The van der Waals surface area contributed by atoms with Crippen molar-refractivity contribution in [1.29, 1.82) is 0 Å². The quantitative estimate of drug-likeness (QED) is 0.671. The molecule has 8 nitrogen and oxygen atoms in total. The third kappa shape index (κ3) is 3.07. The Morgan fingerprint density at radius 3 is 2.67 bits per heavy atom. The van der Waals surface area contributed by atoms with Crippen LogP contribution in [0, 0.1) is 6.92 Å². The number of benzene rings is 1. The van der Waals surface area contributed by atoms with Crippen LogP contribution in [0.25, 0.3) is 5.78 Å². The van der Waals surface area contributed by atoms with Crippen molar-refractivity contribution in [3.8, 4) is 0 Å². The average Bonchev–Trinajstić information content (AvgIpc) is 3.05. The summed E-state index contributed by atoms with van der Waals surface area (Å²) in [5.74, 6) is -0.955. The molecule has 0 saturated carbocycles. The number of amides is 1. The van der Waals surface area contributed by atoms with Crippen LogP contribution in [-0.2, 0) is 9.53 Å². The zero-order chi connectivity index (χ0) is 17.1. The maximum absolute atomic E-state index is 12.1. The van der Waals surface area contributed by atoms with E-state index >= 15 is 0 Å². The highest BCUT2D eigenvalue weighted by atomic mass is 16.5. The summed E-state index contributed by atoms with van der Waals surface area (Å²) < 4.78 is 6.44. The maximum atomic E-state index is 12.1. The molecule has 0 N–H and O–H groups in total. The Labute approximate surface area is 137 Å². The average molecular weight is 325 g/mol. The Morgan fingerprint density at radius 1 is 1.21 bits per heavy atom. The largest absolute Gasteiger partial charge is 0.450 e. The number of esters is 1. The molecular formula is C16H15N5O3. The molecule has 0 atom stereocenters. The number of anilines is 1. The van der Waals surface area contributed by atoms with Crippen molar-refractivity contribution in [2.24, 2.45) is 0 Å². The molecule has 2 aromatic heterocycles. The first-order chi connectivity index (χ1) is 11.6. The van der Waals surface area contributed by atoms with E-state index < -0.39 is 12.6 Å². The molecule has 1 amide bonds. The molecule has 0 aliphatic heterocycles. The fourth-order valence-corrected chi connectivity index (χ4v) is 2.08. The highest BCUT2D eigenvalue weighted by molar-refractivity contribution is 5.95. The molecule has 3 aromatic rings. The minimum atomic E-state index is -0.769. The third-order valence-electron chi connectivity index (χ3n) is 3.46. The van der Waals surface area contributed by atoms with E-state index in [1.807, 2.05) is 25.1 Å². The van der Waals surface area contributed by atoms with Gasteiger partial charge in [0.05, 0.1) is 0 Å². The molecule has 122 valence electrons. The summed E-state index contributed by atoms with van der Waals surface area (Å²) in [6, 6.07) is 10.8. The first kappa shape index (κ1) is 15.6. The van der Waals surface area contributed by atoms with Crippen molar-refractivity contribution in [3.05, 3.63) is 54.1 Å². The van der Waals surface area contributed by atoms with Crippen molar-refractivity contribution < 1.29 is 14.3 Å². The van der Waals surface area contributed by atoms with Crippen LogP contribution in [0.5, 0.6) is 0 Å². The van der Waals surface area contributed by atoms with Crippen LogP contribution in [0.4, 0.5) is 5.69 Å². The maximum Gasteiger partial charge on any atom is 0.378 e. The Morgan fingerprint density at radius 2 is 1.96 bits per heavy atom. The van der Waals surface area contributed by atoms with Crippen molar-refractivity contribution in [1.82, 2.24) is 19.6 Å². The molecule has 0 saturated heterocycles. The lowest BCUT2D eigenvalue weighted by Gasteiger charge is -2.16. The van der Waals surface area contributed by atoms with E-state index in [1.165, 1.54) is 9.42 Å². The molecule has 0 aliphatic rings. The second kappa shape index (κ2) is 6.45. The Bertz CT molecular complexity index is 891. The van der Waals surface area contributed by atoms with Gasteiger partial charge in [0, 0.05) is 24.6 Å². The number of carbonyl (C=O) groups excluding carboxylic acids is 2. The van der Waals surface area contributed by atoms with Gasteiger partial charge in [0.1, 0.15) is 0 Å². The zero-order valence-corrected chi connectivity index (χ0v) is 13.2. The fourth-order valence-electron chi connectivity index (χ4n) is 2.08. The van der Waals surface area contributed by atoms with E-state index in [-0.39, 0.29) is 11.7 Å². The number of para-hydroxylation sites is 1. The number of nitrogens with zero attached hydrogens (tertiary/aromatic N) is 5. The molecule has 3 rings (SSSR count). The van der Waals surface area contributed by atoms with E-state index in [9.17, 15) is 9.59 Å². The van der Waals surface area contributed by atoms with Gasteiger partial charge in [-0.2, -0.15) is 4.98 Å². The van der Waals surface area contributed by atoms with Crippen LogP contribution in [0.2, 0.25) is 0 Å². The van der Waals surface area contributed by atoms with Gasteiger partial charge in [-0.15, -0.1) is 5.10 Å². The summed E-state index contributed by atoms with van der Waals surface area (Å²) in [4.78, 5) is 33.5. The lowest BCUT2D eigenvalue weighted by molar-refractivity contribution is -0.121. The predicted octanol–water partition coefficient (Wildman–Crippen LogP) is 1.25. The number of aryl methyl sites for hydroxylation is 1. The topological polar surface area (TPSA) is 89.7 Å². The number of fused-ring (bicyclic) bond motifs is 1. The molecule has 0 bridgehead atoms. The van der Waals surface area contributed by atoms with Gasteiger partial charge >= 0.3 is 5.97 Å². The molecule has 0 radical (unpaired) electrons. The van der Waals surface area contributed by atoms with E-state index in [0.29, 0.717) is 11.5 Å². The van der Waals surface area contributed by atoms with Gasteiger partial charge in [-0.3, -0.25) is 4.79 Å². The lowest BCUT2D eigenvalue weighted by atomic mass is 10.3. The summed E-state index contributed by atoms with van der Waals surface area (Å²) in [5, 5.41) is 4.04. The van der Waals surface area contributed by atoms with E-state index in [4.69, 9.17) is 4.74 Å². The number of hydrogen-bond donors (Lipinski definition) is 0.